The molecule has 2 saturated heterocycles. The van der Waals surface area contributed by atoms with Crippen molar-refractivity contribution in [1.29, 1.82) is 0 Å². The molecule has 0 aromatic heterocycles. The van der Waals surface area contributed by atoms with Crippen LogP contribution in [0.1, 0.15) is 36.0 Å². The smallest absolute Gasteiger partial charge is 0.293 e. The van der Waals surface area contributed by atoms with Gasteiger partial charge in [-0.25, -0.2) is 0 Å². The lowest BCUT2D eigenvalue weighted by molar-refractivity contribution is -0.384. The lowest BCUT2D eigenvalue weighted by Gasteiger charge is -2.32. The molecule has 1 aromatic rings. The topological polar surface area (TPSA) is 75.5 Å². The highest BCUT2D eigenvalue weighted by molar-refractivity contribution is 5.79. The first-order valence-corrected chi connectivity index (χ1v) is 7.43. The van der Waals surface area contributed by atoms with E-state index >= 15 is 0 Å². The highest BCUT2D eigenvalue weighted by Crippen LogP contribution is 2.32. The van der Waals surface area contributed by atoms with Crippen LogP contribution < -0.4 is 5.32 Å². The third kappa shape index (κ3) is 2.76. The Labute approximate surface area is 123 Å². The first kappa shape index (κ1) is 14.0. The zero-order chi connectivity index (χ0) is 14.8. The third-order valence-electron chi connectivity index (χ3n) is 4.55. The van der Waals surface area contributed by atoms with Gasteiger partial charge in [-0.05, 0) is 37.9 Å². The second-order valence-electron chi connectivity index (χ2n) is 5.79. The maximum absolute atomic E-state index is 11.2. The molecule has 0 aliphatic carbocycles. The number of anilines is 1. The lowest BCUT2D eigenvalue weighted by atomic mass is 9.98. The predicted octanol–water partition coefficient (Wildman–Crippen LogP) is 2.45. The SMILES string of the molecule is O=Cc1ccc(NC2CCN3CCCCC23)c([N+](=O)[O-])c1. The van der Waals surface area contributed by atoms with Crippen LogP contribution in [0.15, 0.2) is 18.2 Å². The van der Waals surface area contributed by atoms with E-state index in [1.165, 1.54) is 18.9 Å². The number of rotatable bonds is 4. The number of benzene rings is 1. The fourth-order valence-electron chi connectivity index (χ4n) is 3.51. The Hall–Kier alpha value is -1.95. The molecule has 6 nitrogen and oxygen atoms in total. The van der Waals surface area contributed by atoms with Crippen LogP contribution in [-0.2, 0) is 0 Å². The van der Waals surface area contributed by atoms with Crippen molar-refractivity contribution in [3.8, 4) is 0 Å². The molecule has 21 heavy (non-hydrogen) atoms. The van der Waals surface area contributed by atoms with Gasteiger partial charge in [-0.3, -0.25) is 19.8 Å². The van der Waals surface area contributed by atoms with Crippen molar-refractivity contribution in [3.63, 3.8) is 0 Å². The second kappa shape index (κ2) is 5.81. The van der Waals surface area contributed by atoms with E-state index < -0.39 is 4.92 Å². The van der Waals surface area contributed by atoms with E-state index in [0.717, 1.165) is 25.9 Å². The third-order valence-corrected chi connectivity index (χ3v) is 4.55. The van der Waals surface area contributed by atoms with Gasteiger partial charge in [0.15, 0.2) is 0 Å². The van der Waals surface area contributed by atoms with E-state index in [4.69, 9.17) is 0 Å². The number of hydrogen-bond donors (Lipinski definition) is 1. The summed E-state index contributed by atoms with van der Waals surface area (Å²) in [4.78, 5) is 24.0. The summed E-state index contributed by atoms with van der Waals surface area (Å²) in [5, 5.41) is 14.5. The fourth-order valence-corrected chi connectivity index (χ4v) is 3.51. The van der Waals surface area contributed by atoms with Crippen molar-refractivity contribution < 1.29 is 9.72 Å². The van der Waals surface area contributed by atoms with Gasteiger partial charge in [0.2, 0.25) is 0 Å². The molecule has 112 valence electrons. The van der Waals surface area contributed by atoms with Crippen molar-refractivity contribution in [2.75, 3.05) is 18.4 Å². The van der Waals surface area contributed by atoms with Crippen LogP contribution in [0, 0.1) is 10.1 Å². The van der Waals surface area contributed by atoms with Crippen LogP contribution in [-0.4, -0.2) is 41.3 Å². The Morgan fingerprint density at radius 2 is 2.14 bits per heavy atom. The molecular formula is C15H19N3O3. The van der Waals surface area contributed by atoms with Crippen LogP contribution in [0.4, 0.5) is 11.4 Å². The van der Waals surface area contributed by atoms with Crippen molar-refractivity contribution in [3.05, 3.63) is 33.9 Å². The van der Waals surface area contributed by atoms with Crippen molar-refractivity contribution in [1.82, 2.24) is 4.90 Å². The van der Waals surface area contributed by atoms with Crippen LogP contribution in [0.2, 0.25) is 0 Å². The molecule has 0 radical (unpaired) electrons. The molecule has 1 N–H and O–H groups in total. The maximum atomic E-state index is 11.2. The summed E-state index contributed by atoms with van der Waals surface area (Å²) in [7, 11) is 0. The summed E-state index contributed by atoms with van der Waals surface area (Å²) in [6.07, 6.45) is 5.27. The van der Waals surface area contributed by atoms with Crippen LogP contribution >= 0.6 is 0 Å². The molecule has 2 aliphatic heterocycles. The predicted molar refractivity (Wildman–Crippen MR) is 79.7 cm³/mol. The number of hydrogen-bond acceptors (Lipinski definition) is 5. The molecule has 1 aromatic carbocycles. The molecule has 0 bridgehead atoms. The Kier molecular flexibility index (Phi) is 3.88. The maximum Gasteiger partial charge on any atom is 0.293 e. The molecule has 2 fully saturated rings. The average Bonchev–Trinajstić information content (AvgIpc) is 2.91. The van der Waals surface area contributed by atoms with Gasteiger partial charge < -0.3 is 5.32 Å². The second-order valence-corrected chi connectivity index (χ2v) is 5.79. The van der Waals surface area contributed by atoms with Gasteiger partial charge in [0, 0.05) is 30.3 Å². The number of aldehydes is 1. The van der Waals surface area contributed by atoms with Crippen molar-refractivity contribution >= 4 is 17.7 Å². The van der Waals surface area contributed by atoms with Gasteiger partial charge in [0.1, 0.15) is 12.0 Å². The molecule has 3 rings (SSSR count). The Morgan fingerprint density at radius 3 is 2.90 bits per heavy atom. The number of carbonyl (C=O) groups is 1. The number of fused-ring (bicyclic) bond motifs is 1. The highest BCUT2D eigenvalue weighted by atomic mass is 16.6. The fraction of sp³-hybridized carbons (Fsp3) is 0.533. The van der Waals surface area contributed by atoms with E-state index in [1.807, 2.05) is 0 Å². The van der Waals surface area contributed by atoms with Gasteiger partial charge in [0.25, 0.3) is 5.69 Å². The number of nitro groups is 1. The summed E-state index contributed by atoms with van der Waals surface area (Å²) in [6.45, 7) is 2.19. The first-order chi connectivity index (χ1) is 10.2. The Bertz CT molecular complexity index is 561. The van der Waals surface area contributed by atoms with Crippen molar-refractivity contribution in [2.24, 2.45) is 0 Å². The zero-order valence-electron chi connectivity index (χ0n) is 11.8. The minimum absolute atomic E-state index is 0.0196. The van der Waals surface area contributed by atoms with E-state index in [0.29, 0.717) is 23.6 Å². The largest absolute Gasteiger partial charge is 0.375 e. The normalized spacial score (nSPS) is 25.3. The van der Waals surface area contributed by atoms with Gasteiger partial charge in [0.05, 0.1) is 4.92 Å². The van der Waals surface area contributed by atoms with Gasteiger partial charge in [-0.2, -0.15) is 0 Å². The minimum atomic E-state index is -0.428. The molecule has 0 saturated carbocycles. The van der Waals surface area contributed by atoms with Gasteiger partial charge in [-0.1, -0.05) is 6.42 Å². The number of carbonyl (C=O) groups excluding carboxylic acids is 1. The first-order valence-electron chi connectivity index (χ1n) is 7.43. The van der Waals surface area contributed by atoms with Crippen LogP contribution in [0.25, 0.3) is 0 Å². The molecule has 0 amide bonds. The lowest BCUT2D eigenvalue weighted by Crippen LogP contribution is -2.41. The average molecular weight is 289 g/mol. The number of nitrogens with zero attached hydrogens (tertiary/aromatic N) is 2. The molecular weight excluding hydrogens is 270 g/mol. The molecule has 2 atom stereocenters. The quantitative estimate of drug-likeness (QED) is 0.523. The molecule has 2 unspecified atom stereocenters. The van der Waals surface area contributed by atoms with Gasteiger partial charge >= 0.3 is 0 Å². The van der Waals surface area contributed by atoms with E-state index in [9.17, 15) is 14.9 Å². The Morgan fingerprint density at radius 1 is 1.29 bits per heavy atom. The highest BCUT2D eigenvalue weighted by Gasteiger charge is 2.36. The van der Waals surface area contributed by atoms with Crippen molar-refractivity contribution in [2.45, 2.75) is 37.8 Å². The number of piperidine rings is 1. The van der Waals surface area contributed by atoms with E-state index in [-0.39, 0.29) is 11.7 Å². The summed E-state index contributed by atoms with van der Waals surface area (Å²) < 4.78 is 0. The summed E-state index contributed by atoms with van der Waals surface area (Å²) >= 11 is 0. The standard InChI is InChI=1S/C15H19N3O3/c19-10-11-4-5-12(15(9-11)18(20)21)16-13-6-8-17-7-2-1-3-14(13)17/h4-5,9-10,13-14,16H,1-3,6-8H2. The summed E-state index contributed by atoms with van der Waals surface area (Å²) in [5.74, 6) is 0. The number of nitro benzene ring substituents is 1. The Balaban J connectivity index is 1.81. The monoisotopic (exact) mass is 289 g/mol. The molecule has 2 aliphatic rings. The van der Waals surface area contributed by atoms with Gasteiger partial charge in [-0.15, -0.1) is 0 Å². The summed E-state index contributed by atoms with van der Waals surface area (Å²) in [5.41, 5.74) is 0.829. The van der Waals surface area contributed by atoms with E-state index in [1.54, 1.807) is 12.1 Å². The zero-order valence-corrected chi connectivity index (χ0v) is 11.8. The van der Waals surface area contributed by atoms with Crippen LogP contribution in [0.5, 0.6) is 0 Å². The van der Waals surface area contributed by atoms with E-state index in [2.05, 4.69) is 10.2 Å². The molecule has 6 heteroatoms. The molecule has 0 spiro atoms. The molecule has 2 heterocycles. The van der Waals surface area contributed by atoms with Crippen LogP contribution in [0.3, 0.4) is 0 Å². The number of nitrogens with one attached hydrogen (secondary N) is 1. The summed E-state index contributed by atoms with van der Waals surface area (Å²) in [6, 6.07) is 5.34. The minimum Gasteiger partial charge on any atom is -0.375 e.